The number of carbonyl (C=O) groups excluding carboxylic acids is 1. The normalized spacial score (nSPS) is 18.0. The number of aliphatic carboxylic acids is 1. The van der Waals surface area contributed by atoms with Crippen molar-refractivity contribution in [3.63, 3.8) is 0 Å². The molecule has 23 heavy (non-hydrogen) atoms. The number of hydrogen-bond acceptors (Lipinski definition) is 4. The Morgan fingerprint density at radius 1 is 1.39 bits per heavy atom. The number of carboxylic acids is 1. The summed E-state index contributed by atoms with van der Waals surface area (Å²) in [5.41, 5.74) is 0.775. The van der Waals surface area contributed by atoms with E-state index < -0.39 is 23.8 Å². The molecule has 120 valence electrons. The van der Waals surface area contributed by atoms with Crippen molar-refractivity contribution in [2.45, 2.75) is 6.10 Å². The number of rotatable bonds is 3. The van der Waals surface area contributed by atoms with Crippen LogP contribution in [-0.2, 0) is 9.53 Å². The Hall–Kier alpha value is -2.74. The van der Waals surface area contributed by atoms with Crippen molar-refractivity contribution in [3.8, 4) is 11.3 Å². The monoisotopic (exact) mass is 319 g/mol. The van der Waals surface area contributed by atoms with E-state index in [2.05, 4.69) is 10.2 Å². The van der Waals surface area contributed by atoms with E-state index in [-0.39, 0.29) is 31.0 Å². The largest absolute Gasteiger partial charge is 0.479 e. The Kier molecular flexibility index (Phi) is 4.07. The highest BCUT2D eigenvalue weighted by Crippen LogP contribution is 2.21. The Morgan fingerprint density at radius 2 is 2.17 bits per heavy atom. The molecule has 0 saturated carbocycles. The highest BCUT2D eigenvalue weighted by Gasteiger charge is 2.30. The summed E-state index contributed by atoms with van der Waals surface area (Å²) in [7, 11) is 0. The first-order valence-electron chi connectivity index (χ1n) is 7.00. The molecule has 2 aromatic rings. The van der Waals surface area contributed by atoms with Gasteiger partial charge in [0, 0.05) is 12.1 Å². The Labute approximate surface area is 130 Å². The minimum Gasteiger partial charge on any atom is -0.479 e. The summed E-state index contributed by atoms with van der Waals surface area (Å²) in [6.07, 6.45) is -1.04. The van der Waals surface area contributed by atoms with Crippen molar-refractivity contribution in [1.29, 1.82) is 0 Å². The van der Waals surface area contributed by atoms with Gasteiger partial charge in [-0.2, -0.15) is 5.10 Å². The summed E-state index contributed by atoms with van der Waals surface area (Å²) in [6, 6.07) is 7.57. The summed E-state index contributed by atoms with van der Waals surface area (Å²) in [4.78, 5) is 24.7. The second-order valence-corrected chi connectivity index (χ2v) is 5.10. The fourth-order valence-electron chi connectivity index (χ4n) is 2.39. The zero-order chi connectivity index (χ0) is 16.4. The zero-order valence-electron chi connectivity index (χ0n) is 12.0. The average molecular weight is 319 g/mol. The molecule has 1 saturated heterocycles. The van der Waals surface area contributed by atoms with Gasteiger partial charge in [0.1, 0.15) is 11.5 Å². The van der Waals surface area contributed by atoms with Crippen LogP contribution in [-0.4, -0.2) is 57.9 Å². The van der Waals surface area contributed by atoms with Gasteiger partial charge >= 0.3 is 5.97 Å². The van der Waals surface area contributed by atoms with Crippen molar-refractivity contribution in [1.82, 2.24) is 15.1 Å². The van der Waals surface area contributed by atoms with E-state index >= 15 is 0 Å². The van der Waals surface area contributed by atoms with Crippen LogP contribution in [0.3, 0.4) is 0 Å². The number of amides is 1. The van der Waals surface area contributed by atoms with Crippen LogP contribution in [0.5, 0.6) is 0 Å². The van der Waals surface area contributed by atoms with Crippen LogP contribution < -0.4 is 0 Å². The number of benzene rings is 1. The van der Waals surface area contributed by atoms with Gasteiger partial charge < -0.3 is 14.7 Å². The standard InChI is InChI=1S/C15H14FN3O4/c16-10-4-2-1-3-9(10)11-7-12(18-17-11)14(20)19-5-6-23-13(8-19)15(21)22/h1-4,7,13H,5-6,8H2,(H,17,18)(H,21,22). The van der Waals surface area contributed by atoms with Crippen molar-refractivity contribution in [3.05, 3.63) is 41.8 Å². The van der Waals surface area contributed by atoms with Gasteiger partial charge in [-0.15, -0.1) is 0 Å². The first kappa shape index (κ1) is 15.2. The number of nitrogens with zero attached hydrogens (tertiary/aromatic N) is 2. The number of carboxylic acid groups (broad SMARTS) is 1. The third-order valence-electron chi connectivity index (χ3n) is 3.59. The molecule has 8 heteroatoms. The molecule has 3 rings (SSSR count). The van der Waals surface area contributed by atoms with E-state index in [1.54, 1.807) is 18.2 Å². The minimum atomic E-state index is -1.11. The van der Waals surface area contributed by atoms with Crippen molar-refractivity contribution < 1.29 is 23.8 Å². The van der Waals surface area contributed by atoms with E-state index in [0.717, 1.165) is 0 Å². The van der Waals surface area contributed by atoms with E-state index in [1.165, 1.54) is 17.0 Å². The van der Waals surface area contributed by atoms with Gasteiger partial charge in [-0.1, -0.05) is 12.1 Å². The molecule has 7 nitrogen and oxygen atoms in total. The molecular formula is C15H14FN3O4. The molecule has 0 spiro atoms. The van der Waals surface area contributed by atoms with E-state index in [1.807, 2.05) is 0 Å². The topological polar surface area (TPSA) is 95.5 Å². The van der Waals surface area contributed by atoms with Gasteiger partial charge in [-0.05, 0) is 18.2 Å². The number of halogens is 1. The first-order valence-corrected chi connectivity index (χ1v) is 7.00. The lowest BCUT2D eigenvalue weighted by Gasteiger charge is -2.30. The average Bonchev–Trinajstić information content (AvgIpc) is 3.04. The molecule has 0 bridgehead atoms. The molecule has 2 heterocycles. The molecule has 1 aromatic heterocycles. The third kappa shape index (κ3) is 3.07. The number of carbonyl (C=O) groups is 2. The van der Waals surface area contributed by atoms with Crippen LogP contribution in [0.25, 0.3) is 11.3 Å². The van der Waals surface area contributed by atoms with Gasteiger partial charge in [-0.3, -0.25) is 9.89 Å². The lowest BCUT2D eigenvalue weighted by atomic mass is 10.1. The minimum absolute atomic E-state index is 0.0395. The first-order chi connectivity index (χ1) is 11.1. The molecule has 1 aliphatic rings. The molecule has 1 unspecified atom stereocenters. The number of hydrogen-bond donors (Lipinski definition) is 2. The second kappa shape index (κ2) is 6.17. The smallest absolute Gasteiger partial charge is 0.334 e. The Balaban J connectivity index is 1.79. The summed E-state index contributed by atoms with van der Waals surface area (Å²) in [6.45, 7) is 0.399. The molecule has 0 radical (unpaired) electrons. The summed E-state index contributed by atoms with van der Waals surface area (Å²) < 4.78 is 18.8. The number of morpholine rings is 1. The van der Waals surface area contributed by atoms with Crippen molar-refractivity contribution in [2.24, 2.45) is 0 Å². The van der Waals surface area contributed by atoms with Crippen LogP contribution >= 0.6 is 0 Å². The van der Waals surface area contributed by atoms with Crippen LogP contribution in [0.15, 0.2) is 30.3 Å². The van der Waals surface area contributed by atoms with E-state index in [0.29, 0.717) is 5.69 Å². The molecule has 1 amide bonds. The Bertz CT molecular complexity index is 746. The fourth-order valence-corrected chi connectivity index (χ4v) is 2.39. The molecule has 0 aliphatic carbocycles. The van der Waals surface area contributed by atoms with Gasteiger partial charge in [0.05, 0.1) is 18.8 Å². The predicted molar refractivity (Wildman–Crippen MR) is 77.3 cm³/mol. The molecule has 2 N–H and O–H groups in total. The van der Waals surface area contributed by atoms with E-state index in [9.17, 15) is 14.0 Å². The Morgan fingerprint density at radius 3 is 2.91 bits per heavy atom. The maximum absolute atomic E-state index is 13.7. The molecule has 1 fully saturated rings. The molecule has 1 atom stereocenters. The van der Waals surface area contributed by atoms with Crippen molar-refractivity contribution in [2.75, 3.05) is 19.7 Å². The lowest BCUT2D eigenvalue weighted by molar-refractivity contribution is -0.154. The number of ether oxygens (including phenoxy) is 1. The number of aromatic nitrogens is 2. The SMILES string of the molecule is O=C(O)C1CN(C(=O)c2cc(-c3ccccc3F)n[nH]2)CCO1. The quantitative estimate of drug-likeness (QED) is 0.884. The summed E-state index contributed by atoms with van der Waals surface area (Å²) in [5, 5.41) is 15.5. The predicted octanol–water partition coefficient (Wildman–Crippen LogP) is 1.14. The lowest BCUT2D eigenvalue weighted by Crippen LogP contribution is -2.48. The summed E-state index contributed by atoms with van der Waals surface area (Å²) >= 11 is 0. The zero-order valence-corrected chi connectivity index (χ0v) is 12.0. The van der Waals surface area contributed by atoms with Gasteiger partial charge in [0.25, 0.3) is 5.91 Å². The molecule has 1 aromatic carbocycles. The van der Waals surface area contributed by atoms with E-state index in [4.69, 9.17) is 9.84 Å². The number of aromatic amines is 1. The van der Waals surface area contributed by atoms with Crippen molar-refractivity contribution >= 4 is 11.9 Å². The van der Waals surface area contributed by atoms with Gasteiger partial charge in [0.2, 0.25) is 0 Å². The second-order valence-electron chi connectivity index (χ2n) is 5.10. The maximum Gasteiger partial charge on any atom is 0.334 e. The number of H-pyrrole nitrogens is 1. The number of nitrogens with one attached hydrogen (secondary N) is 1. The third-order valence-corrected chi connectivity index (χ3v) is 3.59. The highest BCUT2D eigenvalue weighted by atomic mass is 19.1. The molecule has 1 aliphatic heterocycles. The van der Waals surface area contributed by atoms with Crippen LogP contribution in [0.1, 0.15) is 10.5 Å². The fraction of sp³-hybridized carbons (Fsp3) is 0.267. The van der Waals surface area contributed by atoms with Crippen LogP contribution in [0, 0.1) is 5.82 Å². The van der Waals surface area contributed by atoms with Crippen LogP contribution in [0.4, 0.5) is 4.39 Å². The summed E-state index contributed by atoms with van der Waals surface area (Å²) in [5.74, 6) is -1.94. The van der Waals surface area contributed by atoms with Gasteiger partial charge in [0.15, 0.2) is 6.10 Å². The highest BCUT2D eigenvalue weighted by molar-refractivity contribution is 5.93. The van der Waals surface area contributed by atoms with Crippen LogP contribution in [0.2, 0.25) is 0 Å². The maximum atomic E-state index is 13.7. The molecular weight excluding hydrogens is 305 g/mol. The van der Waals surface area contributed by atoms with Gasteiger partial charge in [-0.25, -0.2) is 9.18 Å².